The molecular formula is C58H40N2. The summed E-state index contributed by atoms with van der Waals surface area (Å²) >= 11 is 0. The Morgan fingerprint density at radius 2 is 0.767 bits per heavy atom. The second-order valence-electron chi connectivity index (χ2n) is 15.3. The molecule has 11 rings (SSSR count). The first-order valence-corrected chi connectivity index (χ1v) is 20.6. The molecule has 10 aromatic carbocycles. The van der Waals surface area contributed by atoms with E-state index in [1.54, 1.807) is 0 Å². The Morgan fingerprint density at radius 1 is 0.283 bits per heavy atom. The van der Waals surface area contributed by atoms with Crippen LogP contribution in [0.4, 0.5) is 17.1 Å². The number of anilines is 3. The maximum atomic E-state index is 2.46. The first-order valence-electron chi connectivity index (χ1n) is 20.6. The Kier molecular flexibility index (Phi) is 8.87. The van der Waals surface area contributed by atoms with E-state index in [0.29, 0.717) is 0 Å². The lowest BCUT2D eigenvalue weighted by Crippen LogP contribution is -2.12. The zero-order valence-electron chi connectivity index (χ0n) is 33.0. The summed E-state index contributed by atoms with van der Waals surface area (Å²) in [4.78, 5) is 2.46. The maximum absolute atomic E-state index is 2.46. The van der Waals surface area contributed by atoms with E-state index in [4.69, 9.17) is 0 Å². The van der Waals surface area contributed by atoms with E-state index in [2.05, 4.69) is 252 Å². The van der Waals surface area contributed by atoms with Crippen molar-refractivity contribution in [3.63, 3.8) is 0 Å². The van der Waals surface area contributed by atoms with Crippen LogP contribution in [0.5, 0.6) is 0 Å². The van der Waals surface area contributed by atoms with Gasteiger partial charge in [-0.15, -0.1) is 0 Å². The molecule has 0 aliphatic rings. The minimum absolute atomic E-state index is 1.07. The van der Waals surface area contributed by atoms with Gasteiger partial charge < -0.3 is 9.47 Å². The van der Waals surface area contributed by atoms with Gasteiger partial charge in [-0.1, -0.05) is 200 Å². The van der Waals surface area contributed by atoms with E-state index < -0.39 is 0 Å². The normalized spacial score (nSPS) is 11.3. The van der Waals surface area contributed by atoms with Crippen molar-refractivity contribution in [2.75, 3.05) is 4.90 Å². The number of para-hydroxylation sites is 4. The molecule has 0 spiro atoms. The molecule has 11 aromatic rings. The Bertz CT molecular complexity index is 3250. The highest BCUT2D eigenvalue weighted by molar-refractivity contribution is 6.10. The monoisotopic (exact) mass is 764 g/mol. The number of rotatable bonds is 8. The molecule has 1 aromatic heterocycles. The molecule has 0 aliphatic heterocycles. The summed E-state index contributed by atoms with van der Waals surface area (Å²) in [6, 6.07) is 88.0. The number of aromatic nitrogens is 1. The molecule has 0 saturated carbocycles. The van der Waals surface area contributed by atoms with Crippen LogP contribution in [-0.4, -0.2) is 4.57 Å². The number of benzene rings is 10. The molecule has 1 heterocycles. The van der Waals surface area contributed by atoms with Gasteiger partial charge in [-0.25, -0.2) is 0 Å². The highest BCUT2D eigenvalue weighted by Crippen LogP contribution is 2.47. The third kappa shape index (κ3) is 6.14. The Labute approximate surface area is 350 Å². The van der Waals surface area contributed by atoms with Gasteiger partial charge >= 0.3 is 0 Å². The van der Waals surface area contributed by atoms with Gasteiger partial charge in [0.25, 0.3) is 0 Å². The summed E-state index contributed by atoms with van der Waals surface area (Å²) in [6.07, 6.45) is 0. The highest BCUT2D eigenvalue weighted by atomic mass is 15.1. The van der Waals surface area contributed by atoms with E-state index in [0.717, 1.165) is 45.0 Å². The van der Waals surface area contributed by atoms with Crippen LogP contribution in [0, 0.1) is 0 Å². The summed E-state index contributed by atoms with van der Waals surface area (Å²) in [7, 11) is 0. The third-order valence-corrected chi connectivity index (χ3v) is 11.8. The van der Waals surface area contributed by atoms with Crippen molar-refractivity contribution in [3.05, 3.63) is 243 Å². The molecule has 0 unspecified atom stereocenters. The molecule has 60 heavy (non-hydrogen) atoms. The van der Waals surface area contributed by atoms with Gasteiger partial charge in [0.2, 0.25) is 0 Å². The average Bonchev–Trinajstić information content (AvgIpc) is 3.67. The van der Waals surface area contributed by atoms with Gasteiger partial charge in [-0.3, -0.25) is 0 Å². The molecular weight excluding hydrogens is 725 g/mol. The number of hydrogen-bond donors (Lipinski definition) is 0. The fraction of sp³-hybridized carbons (Fsp3) is 0. The summed E-state index contributed by atoms with van der Waals surface area (Å²) < 4.78 is 2.42. The second-order valence-corrected chi connectivity index (χ2v) is 15.3. The second kappa shape index (κ2) is 15.1. The van der Waals surface area contributed by atoms with Crippen molar-refractivity contribution in [3.8, 4) is 50.2 Å². The molecule has 0 N–H and O–H groups in total. The van der Waals surface area contributed by atoms with Crippen LogP contribution in [0.1, 0.15) is 0 Å². The fourth-order valence-corrected chi connectivity index (χ4v) is 9.05. The smallest absolute Gasteiger partial charge is 0.0546 e. The van der Waals surface area contributed by atoms with Gasteiger partial charge in [0.1, 0.15) is 0 Å². The van der Waals surface area contributed by atoms with Crippen molar-refractivity contribution < 1.29 is 0 Å². The summed E-state index contributed by atoms with van der Waals surface area (Å²) in [6.45, 7) is 0. The van der Waals surface area contributed by atoms with Crippen LogP contribution in [0.25, 0.3) is 82.8 Å². The Hall–Kier alpha value is -7.94. The van der Waals surface area contributed by atoms with Gasteiger partial charge in [0, 0.05) is 33.2 Å². The number of nitrogens with zero attached hydrogens (tertiary/aromatic N) is 2. The van der Waals surface area contributed by atoms with Crippen molar-refractivity contribution in [2.24, 2.45) is 0 Å². The predicted molar refractivity (Wildman–Crippen MR) is 255 cm³/mol. The molecule has 0 aliphatic carbocycles. The van der Waals surface area contributed by atoms with Crippen LogP contribution in [-0.2, 0) is 0 Å². The largest absolute Gasteiger partial charge is 0.309 e. The van der Waals surface area contributed by atoms with Crippen LogP contribution < -0.4 is 4.90 Å². The minimum atomic E-state index is 1.07. The summed E-state index contributed by atoms with van der Waals surface area (Å²) in [5.41, 5.74) is 16.2. The SMILES string of the molecule is c1ccc(-c2ccccc2N(c2ccc(-c3ccccc3-n3c4ccccc4c4ccccc43)cc2)c2cc(-c3cccc4ccccc34)ccc2-c2ccccc2)cc1. The van der Waals surface area contributed by atoms with Crippen LogP contribution in [0.3, 0.4) is 0 Å². The van der Waals surface area contributed by atoms with Crippen molar-refractivity contribution >= 4 is 49.6 Å². The van der Waals surface area contributed by atoms with Gasteiger partial charge in [0.15, 0.2) is 0 Å². The first kappa shape index (κ1) is 35.2. The van der Waals surface area contributed by atoms with Crippen molar-refractivity contribution in [2.45, 2.75) is 0 Å². The molecule has 0 atom stereocenters. The van der Waals surface area contributed by atoms with E-state index in [1.807, 2.05) is 0 Å². The van der Waals surface area contributed by atoms with E-state index >= 15 is 0 Å². The molecule has 0 saturated heterocycles. The van der Waals surface area contributed by atoms with E-state index in [1.165, 1.54) is 54.8 Å². The maximum Gasteiger partial charge on any atom is 0.0546 e. The van der Waals surface area contributed by atoms with E-state index in [9.17, 15) is 0 Å². The molecule has 0 amide bonds. The summed E-state index contributed by atoms with van der Waals surface area (Å²) in [5, 5.41) is 4.98. The van der Waals surface area contributed by atoms with Crippen LogP contribution in [0.15, 0.2) is 243 Å². The minimum Gasteiger partial charge on any atom is -0.309 e. The van der Waals surface area contributed by atoms with Crippen LogP contribution in [0.2, 0.25) is 0 Å². The topological polar surface area (TPSA) is 8.17 Å². The molecule has 282 valence electrons. The zero-order valence-corrected chi connectivity index (χ0v) is 33.0. The standard InChI is InChI=1S/C58H40N2/c1-3-18-42(19-4-1)49-25-9-13-30-54(49)59(58-40-45(36-39-51(58)43-20-5-2-6-21-43)48-29-17-23-41-22-7-8-24-47(41)48)46-37-34-44(35-38-46)50-26-10-14-31-55(50)60-56-32-15-11-27-52(56)53-28-12-16-33-57(53)60/h1-40H. The van der Waals surface area contributed by atoms with Gasteiger partial charge in [-0.2, -0.15) is 0 Å². The molecule has 0 fully saturated rings. The lowest BCUT2D eigenvalue weighted by atomic mass is 9.93. The lowest BCUT2D eigenvalue weighted by Gasteiger charge is -2.30. The number of hydrogen-bond acceptors (Lipinski definition) is 1. The molecule has 2 heteroatoms. The summed E-state index contributed by atoms with van der Waals surface area (Å²) in [5.74, 6) is 0. The number of fused-ring (bicyclic) bond motifs is 4. The van der Waals surface area contributed by atoms with E-state index in [-0.39, 0.29) is 0 Å². The zero-order chi connectivity index (χ0) is 39.8. The lowest BCUT2D eigenvalue weighted by molar-refractivity contribution is 1.18. The van der Waals surface area contributed by atoms with Crippen molar-refractivity contribution in [1.82, 2.24) is 4.57 Å². The Balaban J connectivity index is 1.13. The fourth-order valence-electron chi connectivity index (χ4n) is 9.05. The molecule has 0 bridgehead atoms. The third-order valence-electron chi connectivity index (χ3n) is 11.8. The average molecular weight is 765 g/mol. The predicted octanol–water partition coefficient (Wildman–Crippen LogP) is 16.1. The van der Waals surface area contributed by atoms with Crippen molar-refractivity contribution in [1.29, 1.82) is 0 Å². The molecule has 0 radical (unpaired) electrons. The molecule has 2 nitrogen and oxygen atoms in total. The van der Waals surface area contributed by atoms with Gasteiger partial charge in [-0.05, 0) is 81.1 Å². The highest BCUT2D eigenvalue weighted by Gasteiger charge is 2.22. The Morgan fingerprint density at radius 3 is 1.47 bits per heavy atom. The first-order chi connectivity index (χ1) is 29.8. The van der Waals surface area contributed by atoms with Gasteiger partial charge in [0.05, 0.1) is 28.1 Å². The quantitative estimate of drug-likeness (QED) is 0.150. The van der Waals surface area contributed by atoms with Crippen LogP contribution >= 0.6 is 0 Å².